The van der Waals surface area contributed by atoms with E-state index in [1.165, 1.54) is 32.1 Å². The molecule has 0 radical (unpaired) electrons. The van der Waals surface area contributed by atoms with Gasteiger partial charge in [0.1, 0.15) is 0 Å². The minimum Gasteiger partial charge on any atom is -0.388 e. The molecule has 2 unspecified atom stereocenters. The fraction of sp³-hybridized carbons (Fsp3) is 1.00. The zero-order chi connectivity index (χ0) is 12.5. The second kappa shape index (κ2) is 4.89. The SMILES string of the molecule is CC1CC(C)CC(O)(C2(N)CCCCCC2)C1. The van der Waals surface area contributed by atoms with Crippen LogP contribution in [0.25, 0.3) is 0 Å². The van der Waals surface area contributed by atoms with Crippen LogP contribution < -0.4 is 5.73 Å². The molecule has 0 aromatic heterocycles. The molecule has 2 saturated carbocycles. The van der Waals surface area contributed by atoms with E-state index in [9.17, 15) is 5.11 Å². The molecule has 3 N–H and O–H groups in total. The fourth-order valence-electron chi connectivity index (χ4n) is 4.32. The Labute approximate surface area is 106 Å². The summed E-state index contributed by atoms with van der Waals surface area (Å²) in [6.07, 6.45) is 10.1. The van der Waals surface area contributed by atoms with Gasteiger partial charge in [-0.2, -0.15) is 0 Å². The lowest BCUT2D eigenvalue weighted by Gasteiger charge is -2.50. The largest absolute Gasteiger partial charge is 0.388 e. The van der Waals surface area contributed by atoms with E-state index in [0.717, 1.165) is 25.7 Å². The van der Waals surface area contributed by atoms with Crippen molar-refractivity contribution in [1.82, 2.24) is 0 Å². The normalized spacial score (nSPS) is 43.1. The van der Waals surface area contributed by atoms with Crippen LogP contribution in [0.5, 0.6) is 0 Å². The summed E-state index contributed by atoms with van der Waals surface area (Å²) in [6.45, 7) is 4.53. The first-order valence-corrected chi connectivity index (χ1v) is 7.46. The van der Waals surface area contributed by atoms with Gasteiger partial charge in [-0.3, -0.25) is 0 Å². The van der Waals surface area contributed by atoms with Crippen molar-refractivity contribution in [1.29, 1.82) is 0 Å². The molecule has 2 rings (SSSR count). The highest BCUT2D eigenvalue weighted by molar-refractivity contribution is 5.07. The van der Waals surface area contributed by atoms with Gasteiger partial charge in [-0.05, 0) is 43.9 Å². The van der Waals surface area contributed by atoms with Crippen LogP contribution in [0.15, 0.2) is 0 Å². The molecule has 2 heteroatoms. The van der Waals surface area contributed by atoms with Crippen molar-refractivity contribution in [2.45, 2.75) is 82.8 Å². The first-order chi connectivity index (χ1) is 7.95. The van der Waals surface area contributed by atoms with Crippen molar-refractivity contribution in [3.8, 4) is 0 Å². The van der Waals surface area contributed by atoms with Crippen LogP contribution in [-0.2, 0) is 0 Å². The molecule has 2 atom stereocenters. The van der Waals surface area contributed by atoms with Crippen LogP contribution in [0.2, 0.25) is 0 Å². The monoisotopic (exact) mass is 239 g/mol. The lowest BCUT2D eigenvalue weighted by atomic mass is 9.63. The number of hydrogen-bond acceptors (Lipinski definition) is 2. The molecule has 0 aromatic rings. The number of nitrogens with two attached hydrogens (primary N) is 1. The van der Waals surface area contributed by atoms with Crippen LogP contribution >= 0.6 is 0 Å². The molecule has 0 saturated heterocycles. The summed E-state index contributed by atoms with van der Waals surface area (Å²) >= 11 is 0. The molecule has 2 aliphatic carbocycles. The van der Waals surface area contributed by atoms with Gasteiger partial charge >= 0.3 is 0 Å². The van der Waals surface area contributed by atoms with Gasteiger partial charge in [0.2, 0.25) is 0 Å². The average Bonchev–Trinajstić information content (AvgIpc) is 2.42. The maximum absolute atomic E-state index is 11.1. The summed E-state index contributed by atoms with van der Waals surface area (Å²) in [4.78, 5) is 0. The van der Waals surface area contributed by atoms with Gasteiger partial charge < -0.3 is 10.8 Å². The van der Waals surface area contributed by atoms with Crippen molar-refractivity contribution >= 4 is 0 Å². The van der Waals surface area contributed by atoms with Crippen LogP contribution in [0.4, 0.5) is 0 Å². The van der Waals surface area contributed by atoms with Crippen LogP contribution in [0.3, 0.4) is 0 Å². The third-order valence-electron chi connectivity index (χ3n) is 5.10. The predicted molar refractivity (Wildman–Crippen MR) is 71.7 cm³/mol. The van der Waals surface area contributed by atoms with E-state index < -0.39 is 5.60 Å². The number of aliphatic hydroxyl groups is 1. The third kappa shape index (κ3) is 2.68. The lowest BCUT2D eigenvalue weighted by molar-refractivity contribution is -0.0957. The van der Waals surface area contributed by atoms with E-state index in [4.69, 9.17) is 5.73 Å². The standard InChI is InChI=1S/C15H29NO/c1-12-9-13(2)11-15(17,10-12)14(16)7-5-3-4-6-8-14/h12-13,17H,3-11,16H2,1-2H3. The van der Waals surface area contributed by atoms with Gasteiger partial charge in [-0.25, -0.2) is 0 Å². The Morgan fingerprint density at radius 1 is 0.941 bits per heavy atom. The summed E-state index contributed by atoms with van der Waals surface area (Å²) in [5.41, 5.74) is 5.73. The van der Waals surface area contributed by atoms with Crippen molar-refractivity contribution < 1.29 is 5.11 Å². The van der Waals surface area contributed by atoms with Crippen molar-refractivity contribution in [3.05, 3.63) is 0 Å². The Morgan fingerprint density at radius 2 is 1.41 bits per heavy atom. The third-order valence-corrected chi connectivity index (χ3v) is 5.10. The van der Waals surface area contributed by atoms with Crippen molar-refractivity contribution in [2.75, 3.05) is 0 Å². The first-order valence-electron chi connectivity index (χ1n) is 7.46. The minimum atomic E-state index is -0.603. The maximum Gasteiger partial charge on any atom is 0.0831 e. The molecule has 0 spiro atoms. The van der Waals surface area contributed by atoms with Gasteiger partial charge in [-0.15, -0.1) is 0 Å². The summed E-state index contributed by atoms with van der Waals surface area (Å²) in [7, 11) is 0. The minimum absolute atomic E-state index is 0.313. The summed E-state index contributed by atoms with van der Waals surface area (Å²) in [5, 5.41) is 11.1. The molecule has 0 bridgehead atoms. The summed E-state index contributed by atoms with van der Waals surface area (Å²) < 4.78 is 0. The van der Waals surface area contributed by atoms with E-state index in [1.807, 2.05) is 0 Å². The zero-order valence-electron chi connectivity index (χ0n) is 11.5. The highest BCUT2D eigenvalue weighted by Gasteiger charge is 2.50. The van der Waals surface area contributed by atoms with Gasteiger partial charge in [-0.1, -0.05) is 39.5 Å². The second-order valence-electron chi connectivity index (χ2n) is 6.96. The molecule has 2 aliphatic rings. The van der Waals surface area contributed by atoms with Crippen molar-refractivity contribution in [3.63, 3.8) is 0 Å². The Morgan fingerprint density at radius 3 is 1.88 bits per heavy atom. The first kappa shape index (κ1) is 13.4. The molecule has 2 fully saturated rings. The van der Waals surface area contributed by atoms with Crippen LogP contribution in [0, 0.1) is 11.8 Å². The predicted octanol–water partition coefficient (Wildman–Crippen LogP) is 3.23. The molecule has 2 nitrogen and oxygen atoms in total. The van der Waals surface area contributed by atoms with E-state index in [1.54, 1.807) is 0 Å². The van der Waals surface area contributed by atoms with E-state index >= 15 is 0 Å². The second-order valence-corrected chi connectivity index (χ2v) is 6.96. The average molecular weight is 239 g/mol. The van der Waals surface area contributed by atoms with E-state index in [-0.39, 0.29) is 5.54 Å². The molecule has 17 heavy (non-hydrogen) atoms. The fourth-order valence-corrected chi connectivity index (χ4v) is 4.32. The topological polar surface area (TPSA) is 46.2 Å². The van der Waals surface area contributed by atoms with E-state index in [0.29, 0.717) is 11.8 Å². The quantitative estimate of drug-likeness (QED) is 0.690. The Balaban J connectivity index is 2.16. The molecular formula is C15H29NO. The smallest absolute Gasteiger partial charge is 0.0831 e. The van der Waals surface area contributed by atoms with Gasteiger partial charge in [0, 0.05) is 5.54 Å². The lowest BCUT2D eigenvalue weighted by Crippen LogP contribution is -2.62. The van der Waals surface area contributed by atoms with E-state index in [2.05, 4.69) is 13.8 Å². The molecule has 0 aromatic carbocycles. The van der Waals surface area contributed by atoms with Gasteiger partial charge in [0.15, 0.2) is 0 Å². The highest BCUT2D eigenvalue weighted by Crippen LogP contribution is 2.45. The Hall–Kier alpha value is -0.0800. The molecule has 100 valence electrons. The highest BCUT2D eigenvalue weighted by atomic mass is 16.3. The Bertz CT molecular complexity index is 246. The molecule has 0 aliphatic heterocycles. The molecule has 0 amide bonds. The summed E-state index contributed by atoms with van der Waals surface area (Å²) in [5.74, 6) is 1.24. The van der Waals surface area contributed by atoms with Gasteiger partial charge in [0.25, 0.3) is 0 Å². The Kier molecular flexibility index (Phi) is 3.84. The molecular weight excluding hydrogens is 210 g/mol. The number of hydrogen-bond donors (Lipinski definition) is 2. The van der Waals surface area contributed by atoms with Crippen molar-refractivity contribution in [2.24, 2.45) is 17.6 Å². The zero-order valence-corrected chi connectivity index (χ0v) is 11.5. The number of rotatable bonds is 1. The van der Waals surface area contributed by atoms with Gasteiger partial charge in [0.05, 0.1) is 5.60 Å². The van der Waals surface area contributed by atoms with Crippen LogP contribution in [0.1, 0.15) is 71.6 Å². The molecule has 0 heterocycles. The summed E-state index contributed by atoms with van der Waals surface area (Å²) in [6, 6.07) is 0. The van der Waals surface area contributed by atoms with Crippen LogP contribution in [-0.4, -0.2) is 16.2 Å². The maximum atomic E-state index is 11.1.